The van der Waals surface area contributed by atoms with E-state index in [0.29, 0.717) is 10.8 Å². The maximum atomic E-state index is 12.9. The van der Waals surface area contributed by atoms with Crippen molar-refractivity contribution in [2.75, 3.05) is 12.0 Å². The van der Waals surface area contributed by atoms with Crippen LogP contribution in [0, 0.1) is 31.6 Å². The van der Waals surface area contributed by atoms with Crippen LogP contribution in [0.4, 0.5) is 5.69 Å². The lowest BCUT2D eigenvalue weighted by atomic mass is 9.98. The van der Waals surface area contributed by atoms with Crippen molar-refractivity contribution in [1.29, 1.82) is 0 Å². The molecule has 0 aliphatic carbocycles. The number of aryl methyl sites for hydroxylation is 3. The molecule has 0 spiro atoms. The summed E-state index contributed by atoms with van der Waals surface area (Å²) < 4.78 is 4.60. The van der Waals surface area contributed by atoms with Gasteiger partial charge in [-0.25, -0.2) is 9.69 Å². The predicted molar refractivity (Wildman–Crippen MR) is 87.5 cm³/mol. The van der Waals surface area contributed by atoms with E-state index in [0.717, 1.165) is 28.7 Å². The van der Waals surface area contributed by atoms with Crippen molar-refractivity contribution in [2.24, 2.45) is 16.3 Å². The molecule has 25 heavy (non-hydrogen) atoms. The molecular weight excluding hydrogens is 328 g/mol. The Morgan fingerprint density at radius 1 is 1.16 bits per heavy atom. The first-order valence-corrected chi connectivity index (χ1v) is 7.56. The summed E-state index contributed by atoms with van der Waals surface area (Å²) in [5.74, 6) is -3.35. The molecule has 0 bridgehead atoms. The van der Waals surface area contributed by atoms with E-state index in [1.807, 2.05) is 19.1 Å². The summed E-state index contributed by atoms with van der Waals surface area (Å²) in [5.41, 5.74) is 2.62. The number of hydrogen-bond acceptors (Lipinski definition) is 7. The van der Waals surface area contributed by atoms with Crippen LogP contribution in [0.2, 0.25) is 0 Å². The number of ether oxygens (including phenoxy) is 1. The van der Waals surface area contributed by atoms with Crippen LogP contribution < -0.4 is 4.90 Å². The molecule has 2 aliphatic heterocycles. The molecule has 0 saturated carbocycles. The fourth-order valence-electron chi connectivity index (χ4n) is 3.48. The molecule has 2 aliphatic rings. The Labute approximate surface area is 143 Å². The fourth-order valence-corrected chi connectivity index (χ4v) is 3.48. The highest BCUT2D eigenvalue weighted by atomic mass is 16.5. The standard InChI is InChI=1S/C16H16N4O5/c1-7-5-8(2)12(9(3)6-7)19-14(21)10-11(16(23)25-4)17-20(18-24)13(10)15(19)22/h5-6,10,13H,1-4H3. The smallest absolute Gasteiger partial charge is 0.355 e. The van der Waals surface area contributed by atoms with Gasteiger partial charge in [0.2, 0.25) is 5.91 Å². The van der Waals surface area contributed by atoms with E-state index >= 15 is 0 Å². The number of hydrazone groups is 1. The number of carbonyl (C=O) groups is 3. The lowest BCUT2D eigenvalue weighted by molar-refractivity contribution is -0.133. The largest absolute Gasteiger partial charge is 0.464 e. The Balaban J connectivity index is 2.12. The van der Waals surface area contributed by atoms with Crippen molar-refractivity contribution in [2.45, 2.75) is 26.8 Å². The van der Waals surface area contributed by atoms with Gasteiger partial charge in [-0.15, -0.1) is 15.1 Å². The van der Waals surface area contributed by atoms with Crippen LogP contribution in [-0.2, 0) is 19.1 Å². The molecule has 2 amide bonds. The van der Waals surface area contributed by atoms with Crippen molar-refractivity contribution < 1.29 is 19.1 Å². The molecule has 1 saturated heterocycles. The molecule has 9 heteroatoms. The highest BCUT2D eigenvalue weighted by Crippen LogP contribution is 2.38. The Morgan fingerprint density at radius 3 is 2.28 bits per heavy atom. The Morgan fingerprint density at radius 2 is 1.76 bits per heavy atom. The molecule has 2 unspecified atom stereocenters. The number of benzene rings is 1. The number of amides is 2. The van der Waals surface area contributed by atoms with E-state index in [-0.39, 0.29) is 5.71 Å². The molecule has 1 aromatic carbocycles. The van der Waals surface area contributed by atoms with E-state index in [1.54, 1.807) is 13.8 Å². The lowest BCUT2D eigenvalue weighted by Gasteiger charge is -2.21. The second kappa shape index (κ2) is 5.76. The van der Waals surface area contributed by atoms with Crippen LogP contribution in [0.1, 0.15) is 16.7 Å². The van der Waals surface area contributed by atoms with Crippen molar-refractivity contribution >= 4 is 29.2 Å². The van der Waals surface area contributed by atoms with Crippen molar-refractivity contribution in [3.63, 3.8) is 0 Å². The minimum Gasteiger partial charge on any atom is -0.464 e. The van der Waals surface area contributed by atoms with E-state index in [2.05, 4.69) is 15.1 Å². The lowest BCUT2D eigenvalue weighted by Crippen LogP contribution is -2.37. The average molecular weight is 344 g/mol. The molecule has 0 aromatic heterocycles. The topological polar surface area (TPSA) is 109 Å². The predicted octanol–water partition coefficient (Wildman–Crippen LogP) is 0.996. The van der Waals surface area contributed by atoms with Gasteiger partial charge in [0.25, 0.3) is 5.91 Å². The van der Waals surface area contributed by atoms with Gasteiger partial charge in [-0.3, -0.25) is 9.59 Å². The van der Waals surface area contributed by atoms with E-state index in [9.17, 15) is 19.3 Å². The Kier molecular flexibility index (Phi) is 3.86. The van der Waals surface area contributed by atoms with Gasteiger partial charge in [-0.05, 0) is 31.9 Å². The summed E-state index contributed by atoms with van der Waals surface area (Å²) in [6.07, 6.45) is 0. The number of rotatable bonds is 3. The third-order valence-corrected chi connectivity index (χ3v) is 4.37. The number of imide groups is 1. The number of fused-ring (bicyclic) bond motifs is 1. The molecule has 0 N–H and O–H groups in total. The zero-order chi connectivity index (χ0) is 18.5. The van der Waals surface area contributed by atoms with Crippen LogP contribution in [0.15, 0.2) is 22.5 Å². The summed E-state index contributed by atoms with van der Waals surface area (Å²) in [5, 5.41) is 6.90. The Hall–Kier alpha value is -3.10. The minimum atomic E-state index is -1.26. The molecule has 9 nitrogen and oxygen atoms in total. The number of methoxy groups -OCH3 is 1. The molecule has 2 atom stereocenters. The second-order valence-corrected chi connectivity index (χ2v) is 6.06. The first kappa shape index (κ1) is 16.7. The average Bonchev–Trinajstić information content (AvgIpc) is 3.05. The zero-order valence-electron chi connectivity index (χ0n) is 14.1. The maximum Gasteiger partial charge on any atom is 0.355 e. The second-order valence-electron chi connectivity index (χ2n) is 6.06. The third-order valence-electron chi connectivity index (χ3n) is 4.37. The first-order chi connectivity index (χ1) is 11.8. The zero-order valence-corrected chi connectivity index (χ0v) is 14.1. The van der Waals surface area contributed by atoms with Crippen molar-refractivity contribution in [3.05, 3.63) is 33.7 Å². The molecular formula is C16H16N4O5. The molecule has 3 rings (SSSR count). The number of carbonyl (C=O) groups excluding carboxylic acids is 3. The number of hydrogen-bond donors (Lipinski definition) is 0. The third kappa shape index (κ3) is 2.31. The van der Waals surface area contributed by atoms with Crippen LogP contribution in [-0.4, -0.2) is 41.8 Å². The van der Waals surface area contributed by atoms with Gasteiger partial charge in [0.15, 0.2) is 11.8 Å². The minimum absolute atomic E-state index is 0.296. The maximum absolute atomic E-state index is 12.9. The number of anilines is 1. The normalized spacial score (nSPS) is 22.2. The quantitative estimate of drug-likeness (QED) is 0.460. The SMILES string of the molecule is COC(=O)C1=NN(N=O)C2C(=O)N(c3c(C)cc(C)cc3C)C(=O)C12. The van der Waals surface area contributed by atoms with Gasteiger partial charge < -0.3 is 4.74 Å². The highest BCUT2D eigenvalue weighted by molar-refractivity contribution is 6.46. The van der Waals surface area contributed by atoms with Gasteiger partial charge in [0.05, 0.1) is 18.1 Å². The van der Waals surface area contributed by atoms with E-state index in [4.69, 9.17) is 0 Å². The van der Waals surface area contributed by atoms with Crippen molar-refractivity contribution in [1.82, 2.24) is 5.12 Å². The highest BCUT2D eigenvalue weighted by Gasteiger charge is 2.60. The molecule has 0 radical (unpaired) electrons. The molecule has 1 aromatic rings. The summed E-state index contributed by atoms with van der Waals surface area (Å²) in [6, 6.07) is 2.43. The van der Waals surface area contributed by atoms with Gasteiger partial charge in [-0.2, -0.15) is 0 Å². The van der Waals surface area contributed by atoms with E-state index in [1.165, 1.54) is 0 Å². The van der Waals surface area contributed by atoms with E-state index < -0.39 is 29.7 Å². The van der Waals surface area contributed by atoms with Crippen LogP contribution in [0.5, 0.6) is 0 Å². The summed E-state index contributed by atoms with van der Waals surface area (Å²) in [7, 11) is 1.13. The van der Waals surface area contributed by atoms with Crippen molar-refractivity contribution in [3.8, 4) is 0 Å². The number of nitroso groups, excluding NO2 is 1. The monoisotopic (exact) mass is 344 g/mol. The van der Waals surface area contributed by atoms with Crippen LogP contribution in [0.3, 0.4) is 0 Å². The van der Waals surface area contributed by atoms with Gasteiger partial charge >= 0.3 is 5.97 Å². The van der Waals surface area contributed by atoms with Gasteiger partial charge in [0.1, 0.15) is 5.92 Å². The number of esters is 1. The summed E-state index contributed by atoms with van der Waals surface area (Å²) in [6.45, 7) is 5.48. The molecule has 130 valence electrons. The van der Waals surface area contributed by atoms with Crippen LogP contribution in [0.25, 0.3) is 0 Å². The van der Waals surface area contributed by atoms with Gasteiger partial charge in [0, 0.05) is 0 Å². The summed E-state index contributed by atoms with van der Waals surface area (Å²) in [4.78, 5) is 49.7. The van der Waals surface area contributed by atoms with Crippen LogP contribution >= 0.6 is 0 Å². The first-order valence-electron chi connectivity index (χ1n) is 7.56. The fraction of sp³-hybridized carbons (Fsp3) is 0.375. The Bertz CT molecular complexity index is 824. The molecule has 2 heterocycles. The summed E-state index contributed by atoms with van der Waals surface area (Å²) >= 11 is 0. The molecule has 1 fully saturated rings. The van der Waals surface area contributed by atoms with Gasteiger partial charge in [-0.1, -0.05) is 17.7 Å². The number of nitrogens with zero attached hydrogens (tertiary/aromatic N) is 4.